The molecule has 0 fully saturated rings. The van der Waals surface area contributed by atoms with Crippen LogP contribution >= 0.6 is 23.2 Å². The van der Waals surface area contributed by atoms with E-state index >= 15 is 0 Å². The van der Waals surface area contributed by atoms with Crippen LogP contribution in [0.3, 0.4) is 0 Å². The van der Waals surface area contributed by atoms with Crippen LogP contribution in [0.15, 0.2) is 0 Å². The quantitative estimate of drug-likeness (QED) is 0.605. The summed E-state index contributed by atoms with van der Waals surface area (Å²) >= 11 is 13.0. The highest BCUT2D eigenvalue weighted by atomic mass is 35.5. The number of hydrogen-bond acceptors (Lipinski definition) is 0. The summed E-state index contributed by atoms with van der Waals surface area (Å²) in [5, 5.41) is 0. The molecular weight excluding hydrogens is 239 g/mol. The minimum atomic E-state index is -0.141. The lowest BCUT2D eigenvalue weighted by Crippen LogP contribution is -2.41. The highest BCUT2D eigenvalue weighted by Crippen LogP contribution is 2.57. The van der Waals surface area contributed by atoms with Crippen molar-refractivity contribution in [3.05, 3.63) is 33.4 Å². The highest BCUT2D eigenvalue weighted by molar-refractivity contribution is 6.27. The molecule has 0 bridgehead atoms. The molecular formula is C14H16Cl2. The molecule has 2 heteroatoms. The lowest BCUT2D eigenvalue weighted by atomic mass is 9.62. The second kappa shape index (κ2) is 2.79. The molecule has 2 aliphatic rings. The van der Waals surface area contributed by atoms with Crippen LogP contribution in [-0.4, -0.2) is 0 Å². The van der Waals surface area contributed by atoms with Gasteiger partial charge in [0.25, 0.3) is 0 Å². The molecule has 0 heterocycles. The summed E-state index contributed by atoms with van der Waals surface area (Å²) in [4.78, 5) is -0.283. The Morgan fingerprint density at radius 1 is 0.812 bits per heavy atom. The summed E-state index contributed by atoms with van der Waals surface area (Å²) in [6.45, 7) is 8.60. The van der Waals surface area contributed by atoms with Crippen molar-refractivity contribution in [3.8, 4) is 0 Å². The van der Waals surface area contributed by atoms with Crippen molar-refractivity contribution >= 4 is 23.2 Å². The Bertz CT molecular complexity index is 446. The Morgan fingerprint density at radius 3 is 1.38 bits per heavy atom. The third-order valence-corrected chi connectivity index (χ3v) is 4.99. The maximum absolute atomic E-state index is 6.50. The molecule has 0 nitrogen and oxygen atoms in total. The summed E-state index contributed by atoms with van der Waals surface area (Å²) < 4.78 is 0. The van der Waals surface area contributed by atoms with Gasteiger partial charge in [0.2, 0.25) is 0 Å². The Hall–Kier alpha value is -0.200. The highest BCUT2D eigenvalue weighted by Gasteiger charge is 2.48. The van der Waals surface area contributed by atoms with Crippen molar-refractivity contribution in [2.24, 2.45) is 0 Å². The average Bonchev–Trinajstić information content (AvgIpc) is 2.09. The molecule has 0 spiro atoms. The van der Waals surface area contributed by atoms with Gasteiger partial charge in [-0.1, -0.05) is 0 Å². The van der Waals surface area contributed by atoms with Gasteiger partial charge in [0.05, 0.1) is 9.75 Å². The number of halogens is 2. The predicted octanol–water partition coefficient (Wildman–Crippen LogP) is 4.32. The van der Waals surface area contributed by atoms with Gasteiger partial charge in [0, 0.05) is 0 Å². The number of alkyl halides is 2. The van der Waals surface area contributed by atoms with Gasteiger partial charge in [-0.2, -0.15) is 0 Å². The molecule has 0 N–H and O–H groups in total. The number of rotatable bonds is 0. The maximum Gasteiger partial charge on any atom is 0.0712 e. The van der Waals surface area contributed by atoms with E-state index in [-0.39, 0.29) is 9.75 Å². The lowest BCUT2D eigenvalue weighted by Gasteiger charge is -2.48. The van der Waals surface area contributed by atoms with Crippen molar-refractivity contribution in [1.82, 2.24) is 0 Å². The Kier molecular flexibility index (Phi) is 1.90. The molecule has 0 radical (unpaired) electrons. The van der Waals surface area contributed by atoms with E-state index in [0.29, 0.717) is 0 Å². The van der Waals surface area contributed by atoms with E-state index in [1.54, 1.807) is 0 Å². The molecule has 2 unspecified atom stereocenters. The normalized spacial score (nSPS) is 34.9. The number of benzene rings is 1. The van der Waals surface area contributed by atoms with Gasteiger partial charge in [-0.3, -0.25) is 0 Å². The topological polar surface area (TPSA) is 0 Å². The zero-order chi connectivity index (χ0) is 11.9. The fourth-order valence-electron chi connectivity index (χ4n) is 3.56. The van der Waals surface area contributed by atoms with Gasteiger partial charge in [-0.15, -0.1) is 23.2 Å². The average molecular weight is 255 g/mol. The Morgan fingerprint density at radius 2 is 1.12 bits per heavy atom. The van der Waals surface area contributed by atoms with E-state index < -0.39 is 0 Å². The molecule has 3 rings (SSSR count). The fourth-order valence-corrected chi connectivity index (χ4v) is 4.34. The van der Waals surface area contributed by atoms with Crippen LogP contribution < -0.4 is 0 Å². The van der Waals surface area contributed by atoms with Crippen LogP contribution in [0.25, 0.3) is 0 Å². The Labute approximate surface area is 107 Å². The molecule has 86 valence electrons. The lowest BCUT2D eigenvalue weighted by molar-refractivity contribution is 0.517. The molecule has 0 aliphatic heterocycles. The second-order valence-electron chi connectivity index (χ2n) is 5.71. The summed E-state index contributed by atoms with van der Waals surface area (Å²) in [6, 6.07) is 0. The standard InChI is InChI=1S/C14H16Cl2/c1-7-8(2)12-10(6-14(12,4)16)9-5-13(3,15)11(7)9/h5-6H2,1-4H3. The van der Waals surface area contributed by atoms with E-state index in [1.807, 2.05) is 0 Å². The van der Waals surface area contributed by atoms with E-state index in [1.165, 1.54) is 33.4 Å². The molecule has 2 atom stereocenters. The van der Waals surface area contributed by atoms with Crippen LogP contribution in [0.5, 0.6) is 0 Å². The molecule has 16 heavy (non-hydrogen) atoms. The third-order valence-electron chi connectivity index (χ3n) is 4.34. The minimum absolute atomic E-state index is 0.141. The van der Waals surface area contributed by atoms with E-state index in [9.17, 15) is 0 Å². The monoisotopic (exact) mass is 254 g/mol. The molecule has 0 saturated heterocycles. The predicted molar refractivity (Wildman–Crippen MR) is 69.7 cm³/mol. The molecule has 0 saturated carbocycles. The van der Waals surface area contributed by atoms with Crippen molar-refractivity contribution in [2.45, 2.75) is 50.3 Å². The van der Waals surface area contributed by atoms with Gasteiger partial charge in [0.15, 0.2) is 0 Å². The van der Waals surface area contributed by atoms with Crippen molar-refractivity contribution in [1.29, 1.82) is 0 Å². The van der Waals surface area contributed by atoms with Crippen LogP contribution in [0.4, 0.5) is 0 Å². The van der Waals surface area contributed by atoms with Crippen LogP contribution in [-0.2, 0) is 22.6 Å². The number of fused-ring (bicyclic) bond motifs is 3. The summed E-state index contributed by atoms with van der Waals surface area (Å²) in [5.41, 5.74) is 8.41. The van der Waals surface area contributed by atoms with Gasteiger partial charge in [-0.25, -0.2) is 0 Å². The first-order chi connectivity index (χ1) is 7.26. The SMILES string of the molecule is Cc1c(C)c2c(c3c1C(C)(Cl)C3)CC2(C)Cl. The van der Waals surface area contributed by atoms with Crippen molar-refractivity contribution in [2.75, 3.05) is 0 Å². The smallest absolute Gasteiger partial charge is 0.0712 e. The van der Waals surface area contributed by atoms with Crippen molar-refractivity contribution < 1.29 is 0 Å². The maximum atomic E-state index is 6.50. The molecule has 0 amide bonds. The molecule has 0 aromatic heterocycles. The zero-order valence-electron chi connectivity index (χ0n) is 10.2. The zero-order valence-corrected chi connectivity index (χ0v) is 11.7. The van der Waals surface area contributed by atoms with E-state index in [4.69, 9.17) is 23.2 Å². The van der Waals surface area contributed by atoms with Crippen LogP contribution in [0.1, 0.15) is 47.2 Å². The minimum Gasteiger partial charge on any atom is -0.114 e. The molecule has 1 aromatic carbocycles. The van der Waals surface area contributed by atoms with Gasteiger partial charge in [-0.05, 0) is 73.9 Å². The summed E-state index contributed by atoms with van der Waals surface area (Å²) in [6.07, 6.45) is 2.00. The first-order valence-corrected chi connectivity index (χ1v) is 6.55. The van der Waals surface area contributed by atoms with E-state index in [0.717, 1.165) is 12.8 Å². The van der Waals surface area contributed by atoms with Gasteiger partial charge in [0.1, 0.15) is 0 Å². The van der Waals surface area contributed by atoms with Crippen molar-refractivity contribution in [3.63, 3.8) is 0 Å². The first-order valence-electron chi connectivity index (χ1n) is 5.79. The van der Waals surface area contributed by atoms with Crippen LogP contribution in [0, 0.1) is 13.8 Å². The Balaban J connectivity index is 2.31. The molecule has 2 aliphatic carbocycles. The second-order valence-corrected chi connectivity index (χ2v) is 7.37. The summed E-state index contributed by atoms with van der Waals surface area (Å²) in [5.74, 6) is 0. The van der Waals surface area contributed by atoms with Crippen LogP contribution in [0.2, 0.25) is 0 Å². The number of hydrogen-bond donors (Lipinski definition) is 0. The third kappa shape index (κ3) is 1.08. The van der Waals surface area contributed by atoms with E-state index in [2.05, 4.69) is 27.7 Å². The van der Waals surface area contributed by atoms with Gasteiger partial charge >= 0.3 is 0 Å². The summed E-state index contributed by atoms with van der Waals surface area (Å²) in [7, 11) is 0. The molecule has 1 aromatic rings. The largest absolute Gasteiger partial charge is 0.114 e. The fraction of sp³-hybridized carbons (Fsp3) is 0.571. The first kappa shape index (κ1) is 10.9. The van der Waals surface area contributed by atoms with Gasteiger partial charge < -0.3 is 0 Å².